The molecule has 5 nitrogen and oxygen atoms in total. The molecule has 5 heteroatoms. The standard InChI is InChI=1S/C20H24N2O3/c1-4-12-25-15-10-8-14(9-11-15)16-13-19(24)22(21(2)3)17-6-5-7-18(23)20(16)17/h4,8-11,16H,1,5-7,12-13H2,2-3H3/t16-/m0/s1. The van der Waals surface area contributed by atoms with E-state index < -0.39 is 0 Å². The lowest BCUT2D eigenvalue weighted by Gasteiger charge is -2.41. The first-order valence-electron chi connectivity index (χ1n) is 8.63. The van der Waals surface area contributed by atoms with Gasteiger partial charge in [-0.15, -0.1) is 0 Å². The first kappa shape index (κ1) is 17.4. The van der Waals surface area contributed by atoms with Gasteiger partial charge in [-0.25, -0.2) is 10.0 Å². The number of ketones is 1. The van der Waals surface area contributed by atoms with Crippen LogP contribution in [0.2, 0.25) is 0 Å². The molecule has 0 unspecified atom stereocenters. The molecule has 1 aromatic rings. The Morgan fingerprint density at radius 2 is 1.96 bits per heavy atom. The molecule has 132 valence electrons. The molecule has 1 amide bonds. The van der Waals surface area contributed by atoms with E-state index >= 15 is 0 Å². The van der Waals surface area contributed by atoms with Gasteiger partial charge in [0.15, 0.2) is 5.78 Å². The average molecular weight is 340 g/mol. The second kappa shape index (κ2) is 7.23. The Balaban J connectivity index is 1.97. The van der Waals surface area contributed by atoms with Crippen LogP contribution in [0.5, 0.6) is 5.75 Å². The quantitative estimate of drug-likeness (QED) is 0.773. The van der Waals surface area contributed by atoms with E-state index in [0.29, 0.717) is 19.4 Å². The van der Waals surface area contributed by atoms with E-state index in [1.54, 1.807) is 16.1 Å². The third kappa shape index (κ3) is 3.37. The molecule has 0 fully saturated rings. The number of amides is 1. The van der Waals surface area contributed by atoms with Crippen molar-refractivity contribution >= 4 is 11.7 Å². The lowest BCUT2D eigenvalue weighted by atomic mass is 9.77. The molecule has 0 radical (unpaired) electrons. The van der Waals surface area contributed by atoms with Crippen LogP contribution in [0.4, 0.5) is 0 Å². The number of allylic oxidation sites excluding steroid dienone is 2. The number of carbonyl (C=O) groups is 2. The van der Waals surface area contributed by atoms with E-state index in [1.807, 2.05) is 38.4 Å². The highest BCUT2D eigenvalue weighted by molar-refractivity contribution is 6.01. The van der Waals surface area contributed by atoms with Crippen LogP contribution in [0.1, 0.15) is 37.2 Å². The van der Waals surface area contributed by atoms with Crippen LogP contribution in [0.25, 0.3) is 0 Å². The lowest BCUT2D eigenvalue weighted by Crippen LogP contribution is -2.47. The van der Waals surface area contributed by atoms with Gasteiger partial charge < -0.3 is 4.74 Å². The summed E-state index contributed by atoms with van der Waals surface area (Å²) in [5, 5.41) is 3.45. The summed E-state index contributed by atoms with van der Waals surface area (Å²) in [6.07, 6.45) is 4.14. The first-order chi connectivity index (χ1) is 12.0. The number of hydrazine groups is 1. The maximum atomic E-state index is 12.7. The smallest absolute Gasteiger partial charge is 0.242 e. The maximum absolute atomic E-state index is 12.7. The highest BCUT2D eigenvalue weighted by atomic mass is 16.5. The third-order valence-corrected chi connectivity index (χ3v) is 4.70. The number of ether oxygens (including phenoxy) is 1. The van der Waals surface area contributed by atoms with Gasteiger partial charge in [-0.2, -0.15) is 0 Å². The normalized spacial score (nSPS) is 20.8. The van der Waals surface area contributed by atoms with Crippen LogP contribution < -0.4 is 4.74 Å². The Labute approximate surface area is 148 Å². The van der Waals surface area contributed by atoms with Crippen molar-refractivity contribution in [2.24, 2.45) is 0 Å². The van der Waals surface area contributed by atoms with Crippen LogP contribution >= 0.6 is 0 Å². The van der Waals surface area contributed by atoms with Crippen molar-refractivity contribution in [2.75, 3.05) is 20.7 Å². The van der Waals surface area contributed by atoms with E-state index in [1.165, 1.54) is 0 Å². The van der Waals surface area contributed by atoms with Gasteiger partial charge >= 0.3 is 0 Å². The SMILES string of the molecule is C=CCOc1ccc([C@@H]2CC(=O)N(N(C)C)C3=C2C(=O)CCC3)cc1. The van der Waals surface area contributed by atoms with Crippen LogP contribution in [0.3, 0.4) is 0 Å². The van der Waals surface area contributed by atoms with Gasteiger partial charge in [-0.1, -0.05) is 24.8 Å². The highest BCUT2D eigenvalue weighted by Gasteiger charge is 2.39. The minimum absolute atomic E-state index is 0.0374. The Morgan fingerprint density at radius 3 is 2.60 bits per heavy atom. The monoisotopic (exact) mass is 340 g/mol. The molecule has 0 aromatic heterocycles. The number of hydrogen-bond acceptors (Lipinski definition) is 4. The predicted octanol–water partition coefficient (Wildman–Crippen LogP) is 3.05. The number of carbonyl (C=O) groups excluding carboxylic acids is 2. The molecule has 25 heavy (non-hydrogen) atoms. The van der Waals surface area contributed by atoms with Gasteiger partial charge in [0.1, 0.15) is 12.4 Å². The second-order valence-corrected chi connectivity index (χ2v) is 6.62. The summed E-state index contributed by atoms with van der Waals surface area (Å²) in [6.45, 7) is 4.09. The van der Waals surface area contributed by atoms with Gasteiger partial charge in [-0.3, -0.25) is 9.59 Å². The Morgan fingerprint density at radius 1 is 1.24 bits per heavy atom. The van der Waals surface area contributed by atoms with Crippen LogP contribution in [0, 0.1) is 0 Å². The molecule has 0 saturated carbocycles. The van der Waals surface area contributed by atoms with Gasteiger partial charge in [0.05, 0.1) is 0 Å². The Kier molecular flexibility index (Phi) is 5.04. The molecule has 1 aliphatic heterocycles. The summed E-state index contributed by atoms with van der Waals surface area (Å²) in [5.41, 5.74) is 2.66. The number of rotatable bonds is 5. The van der Waals surface area contributed by atoms with Crippen LogP contribution in [0.15, 0.2) is 48.2 Å². The summed E-state index contributed by atoms with van der Waals surface area (Å²) < 4.78 is 5.52. The fraction of sp³-hybridized carbons (Fsp3) is 0.400. The van der Waals surface area contributed by atoms with Crippen LogP contribution in [-0.2, 0) is 9.59 Å². The summed E-state index contributed by atoms with van der Waals surface area (Å²) >= 11 is 0. The summed E-state index contributed by atoms with van der Waals surface area (Å²) in [5.74, 6) is 0.790. The lowest BCUT2D eigenvalue weighted by molar-refractivity contribution is -0.143. The molecule has 2 aliphatic rings. The largest absolute Gasteiger partial charge is 0.490 e. The zero-order valence-corrected chi connectivity index (χ0v) is 14.8. The van der Waals surface area contributed by atoms with E-state index in [9.17, 15) is 9.59 Å². The summed E-state index contributed by atoms with van der Waals surface area (Å²) in [6, 6.07) is 7.67. The summed E-state index contributed by atoms with van der Waals surface area (Å²) in [7, 11) is 3.68. The topological polar surface area (TPSA) is 49.9 Å². The molecular weight excluding hydrogens is 316 g/mol. The molecule has 0 N–H and O–H groups in total. The van der Waals surface area contributed by atoms with Gasteiger partial charge in [0, 0.05) is 44.1 Å². The van der Waals surface area contributed by atoms with E-state index in [2.05, 4.69) is 6.58 Å². The highest BCUT2D eigenvalue weighted by Crippen LogP contribution is 2.42. The van der Waals surface area contributed by atoms with E-state index in [4.69, 9.17) is 4.74 Å². The minimum atomic E-state index is -0.167. The fourth-order valence-corrected chi connectivity index (χ4v) is 3.68. The third-order valence-electron chi connectivity index (χ3n) is 4.70. The van der Waals surface area contributed by atoms with Crippen molar-refractivity contribution in [3.63, 3.8) is 0 Å². The molecule has 1 aromatic carbocycles. The Bertz CT molecular complexity index is 719. The van der Waals surface area contributed by atoms with Crippen LogP contribution in [-0.4, -0.2) is 42.4 Å². The molecule has 0 saturated heterocycles. The van der Waals surface area contributed by atoms with Crippen molar-refractivity contribution in [1.29, 1.82) is 0 Å². The number of benzene rings is 1. The van der Waals surface area contributed by atoms with Crippen molar-refractivity contribution in [3.8, 4) is 5.75 Å². The molecule has 1 heterocycles. The van der Waals surface area contributed by atoms with Crippen molar-refractivity contribution in [1.82, 2.24) is 10.0 Å². The number of Topliss-reactive ketones (excluding diaryl/α,β-unsaturated/α-hetero) is 1. The minimum Gasteiger partial charge on any atom is -0.490 e. The molecule has 0 bridgehead atoms. The average Bonchev–Trinajstić information content (AvgIpc) is 2.59. The number of nitrogens with zero attached hydrogens (tertiary/aromatic N) is 2. The van der Waals surface area contributed by atoms with Gasteiger partial charge in [0.25, 0.3) is 0 Å². The zero-order valence-electron chi connectivity index (χ0n) is 14.8. The van der Waals surface area contributed by atoms with Crippen molar-refractivity contribution in [3.05, 3.63) is 53.8 Å². The first-order valence-corrected chi connectivity index (χ1v) is 8.63. The van der Waals surface area contributed by atoms with Gasteiger partial charge in [-0.05, 0) is 30.5 Å². The molecule has 3 rings (SSSR count). The van der Waals surface area contributed by atoms with Crippen molar-refractivity contribution in [2.45, 2.75) is 31.6 Å². The fourth-order valence-electron chi connectivity index (χ4n) is 3.68. The second-order valence-electron chi connectivity index (χ2n) is 6.62. The zero-order chi connectivity index (χ0) is 18.0. The summed E-state index contributed by atoms with van der Waals surface area (Å²) in [4.78, 5) is 25.3. The molecule has 1 atom stereocenters. The van der Waals surface area contributed by atoms with Crippen molar-refractivity contribution < 1.29 is 14.3 Å². The predicted molar refractivity (Wildman–Crippen MR) is 95.9 cm³/mol. The maximum Gasteiger partial charge on any atom is 0.242 e. The van der Waals surface area contributed by atoms with E-state index in [-0.39, 0.29) is 17.6 Å². The molecule has 1 aliphatic carbocycles. The van der Waals surface area contributed by atoms with E-state index in [0.717, 1.165) is 35.4 Å². The molecular formula is C20H24N2O3. The Hall–Kier alpha value is -2.40. The van der Waals surface area contributed by atoms with Gasteiger partial charge in [0.2, 0.25) is 5.91 Å². The number of hydrogen-bond donors (Lipinski definition) is 0. The molecule has 0 spiro atoms.